The van der Waals surface area contributed by atoms with Crippen LogP contribution in [0.1, 0.15) is 5.82 Å². The summed E-state index contributed by atoms with van der Waals surface area (Å²) in [7, 11) is 0. The number of benzene rings is 2. The van der Waals surface area contributed by atoms with Crippen LogP contribution in [0.4, 0.5) is 4.39 Å². The fraction of sp³-hybridized carbons (Fsp3) is 0.0714. The summed E-state index contributed by atoms with van der Waals surface area (Å²) < 4.78 is 15.2. The van der Waals surface area contributed by atoms with Crippen molar-refractivity contribution in [3.63, 3.8) is 0 Å². The summed E-state index contributed by atoms with van der Waals surface area (Å²) in [6.07, 6.45) is 0. The highest BCUT2D eigenvalue weighted by Crippen LogP contribution is 2.30. The summed E-state index contributed by atoms with van der Waals surface area (Å²) >= 11 is 18.2. The molecular formula is C14H8Cl3FN2. The number of aromatic nitrogens is 2. The van der Waals surface area contributed by atoms with Gasteiger partial charge >= 0.3 is 0 Å². The predicted molar refractivity (Wildman–Crippen MR) is 80.6 cm³/mol. The van der Waals surface area contributed by atoms with Gasteiger partial charge in [-0.15, -0.1) is 11.6 Å². The zero-order valence-corrected chi connectivity index (χ0v) is 12.3. The van der Waals surface area contributed by atoms with Crippen LogP contribution in [0.3, 0.4) is 0 Å². The standard InChI is InChI=1S/C14H8Cl3FN2/c15-7-14-19-11-4-2-9(18)6-13(11)20(14)12-5-8(16)1-3-10(12)17/h1-6H,7H2. The molecule has 0 saturated carbocycles. The number of hydrogen-bond acceptors (Lipinski definition) is 1. The lowest BCUT2D eigenvalue weighted by Gasteiger charge is -2.10. The largest absolute Gasteiger partial charge is 0.294 e. The maximum absolute atomic E-state index is 13.5. The number of alkyl halides is 1. The third-order valence-electron chi connectivity index (χ3n) is 2.95. The van der Waals surface area contributed by atoms with E-state index in [2.05, 4.69) is 4.98 Å². The molecule has 2 aromatic carbocycles. The van der Waals surface area contributed by atoms with E-state index in [1.807, 2.05) is 0 Å². The molecule has 0 radical (unpaired) electrons. The van der Waals surface area contributed by atoms with Crippen LogP contribution in [-0.4, -0.2) is 9.55 Å². The van der Waals surface area contributed by atoms with Gasteiger partial charge in [0.15, 0.2) is 0 Å². The fourth-order valence-electron chi connectivity index (χ4n) is 2.11. The molecule has 0 aliphatic heterocycles. The molecule has 3 aromatic rings. The zero-order valence-electron chi connectivity index (χ0n) is 10.1. The zero-order chi connectivity index (χ0) is 14.3. The minimum atomic E-state index is -0.349. The Morgan fingerprint density at radius 1 is 1.10 bits per heavy atom. The second-order valence-electron chi connectivity index (χ2n) is 4.23. The molecule has 2 nitrogen and oxygen atoms in total. The molecule has 1 heterocycles. The van der Waals surface area contributed by atoms with Gasteiger partial charge in [-0.05, 0) is 30.3 Å². The molecule has 0 saturated heterocycles. The van der Waals surface area contributed by atoms with Gasteiger partial charge in [0.25, 0.3) is 0 Å². The molecule has 0 aliphatic rings. The van der Waals surface area contributed by atoms with Crippen LogP contribution in [0.5, 0.6) is 0 Å². The van der Waals surface area contributed by atoms with E-state index in [4.69, 9.17) is 34.8 Å². The molecule has 0 N–H and O–H groups in total. The Morgan fingerprint density at radius 3 is 2.65 bits per heavy atom. The lowest BCUT2D eigenvalue weighted by atomic mass is 10.2. The molecule has 0 bridgehead atoms. The van der Waals surface area contributed by atoms with Crippen LogP contribution in [0.2, 0.25) is 10.0 Å². The molecule has 0 atom stereocenters. The molecule has 0 fully saturated rings. The van der Waals surface area contributed by atoms with Crippen molar-refractivity contribution in [2.45, 2.75) is 5.88 Å². The van der Waals surface area contributed by atoms with Gasteiger partial charge in [0.1, 0.15) is 11.6 Å². The predicted octanol–water partition coefficient (Wildman–Crippen LogP) is 5.21. The van der Waals surface area contributed by atoms with Gasteiger partial charge in [0, 0.05) is 11.1 Å². The molecule has 0 amide bonds. The molecule has 0 aliphatic carbocycles. The molecule has 20 heavy (non-hydrogen) atoms. The SMILES string of the molecule is Fc1ccc2nc(CCl)n(-c3cc(Cl)ccc3Cl)c2c1. The number of imidazole rings is 1. The van der Waals surface area contributed by atoms with Gasteiger partial charge in [-0.2, -0.15) is 0 Å². The van der Waals surface area contributed by atoms with Crippen LogP contribution in [-0.2, 0) is 5.88 Å². The van der Waals surface area contributed by atoms with E-state index in [1.54, 1.807) is 28.8 Å². The second kappa shape index (κ2) is 5.24. The Bertz CT molecular complexity index is 798. The number of fused-ring (bicyclic) bond motifs is 1. The molecule has 0 spiro atoms. The number of nitrogens with zero attached hydrogens (tertiary/aromatic N) is 2. The van der Waals surface area contributed by atoms with E-state index >= 15 is 0 Å². The van der Waals surface area contributed by atoms with Crippen LogP contribution in [0.25, 0.3) is 16.7 Å². The Labute approximate surface area is 129 Å². The van der Waals surface area contributed by atoms with E-state index in [1.165, 1.54) is 12.1 Å². The topological polar surface area (TPSA) is 17.8 Å². The summed E-state index contributed by atoms with van der Waals surface area (Å²) in [5.74, 6) is 0.411. The molecule has 102 valence electrons. The molecular weight excluding hydrogens is 322 g/mol. The van der Waals surface area contributed by atoms with Crippen molar-refractivity contribution >= 4 is 45.8 Å². The van der Waals surface area contributed by atoms with Crippen LogP contribution in [0, 0.1) is 5.82 Å². The highest BCUT2D eigenvalue weighted by atomic mass is 35.5. The Kier molecular flexibility index (Phi) is 3.59. The second-order valence-corrected chi connectivity index (χ2v) is 5.34. The highest BCUT2D eigenvalue weighted by Gasteiger charge is 2.15. The number of hydrogen-bond donors (Lipinski definition) is 0. The maximum atomic E-state index is 13.5. The monoisotopic (exact) mass is 328 g/mol. The number of rotatable bonds is 2. The average molecular weight is 330 g/mol. The van der Waals surface area contributed by atoms with Gasteiger partial charge in [-0.25, -0.2) is 9.37 Å². The van der Waals surface area contributed by atoms with Crippen molar-refractivity contribution in [2.75, 3.05) is 0 Å². The number of halogens is 4. The highest BCUT2D eigenvalue weighted by molar-refractivity contribution is 6.34. The first-order chi connectivity index (χ1) is 9.60. The lowest BCUT2D eigenvalue weighted by Crippen LogP contribution is -2.00. The van der Waals surface area contributed by atoms with E-state index in [0.29, 0.717) is 32.6 Å². The third-order valence-corrected chi connectivity index (χ3v) is 3.75. The van der Waals surface area contributed by atoms with Gasteiger partial charge in [-0.3, -0.25) is 4.57 Å². The van der Waals surface area contributed by atoms with Crippen molar-refractivity contribution in [2.24, 2.45) is 0 Å². The van der Waals surface area contributed by atoms with E-state index in [9.17, 15) is 4.39 Å². The van der Waals surface area contributed by atoms with E-state index in [-0.39, 0.29) is 11.7 Å². The van der Waals surface area contributed by atoms with E-state index < -0.39 is 0 Å². The van der Waals surface area contributed by atoms with E-state index in [0.717, 1.165) is 0 Å². The normalized spacial score (nSPS) is 11.2. The summed E-state index contributed by atoms with van der Waals surface area (Å²) in [5, 5.41) is 1.02. The minimum absolute atomic E-state index is 0.180. The van der Waals surface area contributed by atoms with Crippen molar-refractivity contribution < 1.29 is 4.39 Å². The first-order valence-electron chi connectivity index (χ1n) is 5.78. The molecule has 3 rings (SSSR count). The Hall–Kier alpha value is -1.29. The summed E-state index contributed by atoms with van der Waals surface area (Å²) in [6.45, 7) is 0. The van der Waals surface area contributed by atoms with Crippen molar-refractivity contribution in [1.82, 2.24) is 9.55 Å². The molecule has 0 unspecified atom stereocenters. The minimum Gasteiger partial charge on any atom is -0.294 e. The Balaban J connectivity index is 2.39. The van der Waals surface area contributed by atoms with Crippen LogP contribution >= 0.6 is 34.8 Å². The summed E-state index contributed by atoms with van der Waals surface area (Å²) in [6, 6.07) is 9.43. The smallest absolute Gasteiger partial charge is 0.129 e. The lowest BCUT2D eigenvalue weighted by molar-refractivity contribution is 0.629. The maximum Gasteiger partial charge on any atom is 0.129 e. The molecule has 1 aromatic heterocycles. The van der Waals surface area contributed by atoms with Gasteiger partial charge in [0.05, 0.1) is 27.6 Å². The van der Waals surface area contributed by atoms with Crippen molar-refractivity contribution in [3.8, 4) is 5.69 Å². The molecule has 6 heteroatoms. The Morgan fingerprint density at radius 2 is 1.90 bits per heavy atom. The van der Waals surface area contributed by atoms with Gasteiger partial charge in [0.2, 0.25) is 0 Å². The van der Waals surface area contributed by atoms with Crippen LogP contribution in [0.15, 0.2) is 36.4 Å². The van der Waals surface area contributed by atoms with Crippen molar-refractivity contribution in [3.05, 3.63) is 58.1 Å². The van der Waals surface area contributed by atoms with Crippen molar-refractivity contribution in [1.29, 1.82) is 0 Å². The van der Waals surface area contributed by atoms with Gasteiger partial charge < -0.3 is 0 Å². The summed E-state index contributed by atoms with van der Waals surface area (Å²) in [5.41, 5.74) is 1.88. The third kappa shape index (κ3) is 2.26. The fourth-order valence-corrected chi connectivity index (χ4v) is 2.66. The van der Waals surface area contributed by atoms with Gasteiger partial charge in [-0.1, -0.05) is 23.2 Å². The first-order valence-corrected chi connectivity index (χ1v) is 7.07. The quantitative estimate of drug-likeness (QED) is 0.590. The first kappa shape index (κ1) is 13.7. The average Bonchev–Trinajstić information content (AvgIpc) is 2.79. The van der Waals surface area contributed by atoms with Crippen LogP contribution < -0.4 is 0 Å². The summed E-state index contributed by atoms with van der Waals surface area (Å²) in [4.78, 5) is 4.38.